The van der Waals surface area contributed by atoms with Gasteiger partial charge in [-0.25, -0.2) is 0 Å². The highest BCUT2D eigenvalue weighted by Crippen LogP contribution is 2.25. The van der Waals surface area contributed by atoms with Crippen molar-refractivity contribution in [3.8, 4) is 22.3 Å². The summed E-state index contributed by atoms with van der Waals surface area (Å²) in [5.41, 5.74) is 5.46. The lowest BCUT2D eigenvalue weighted by atomic mass is 9.94. The molecule has 1 heterocycles. The van der Waals surface area contributed by atoms with Gasteiger partial charge in [-0.15, -0.1) is 0 Å². The van der Waals surface area contributed by atoms with Gasteiger partial charge in [0.15, 0.2) is 0 Å². The van der Waals surface area contributed by atoms with Gasteiger partial charge in [0.25, 0.3) is 0 Å². The topological polar surface area (TPSA) is 124 Å². The molecular formula is C33H36N2O6. The minimum Gasteiger partial charge on any atom is -0.481 e. The highest BCUT2D eigenvalue weighted by atomic mass is 16.4. The first kappa shape index (κ1) is 29.5. The van der Waals surface area contributed by atoms with Crippen molar-refractivity contribution in [2.45, 2.75) is 51.0 Å². The molecule has 1 fully saturated rings. The minimum absolute atomic E-state index is 0.0161. The lowest BCUT2D eigenvalue weighted by Crippen LogP contribution is -2.51. The average Bonchev–Trinajstić information content (AvgIpc) is 2.98. The van der Waals surface area contributed by atoms with Gasteiger partial charge in [-0.05, 0) is 59.4 Å². The van der Waals surface area contributed by atoms with Gasteiger partial charge in [-0.1, -0.05) is 78.9 Å². The Kier molecular flexibility index (Phi) is 10.3. The Hall–Kier alpha value is -4.46. The second kappa shape index (κ2) is 14.3. The molecule has 2 unspecified atom stereocenters. The van der Waals surface area contributed by atoms with E-state index in [0.717, 1.165) is 34.2 Å². The second-order valence-electron chi connectivity index (χ2n) is 10.6. The molecule has 0 bridgehead atoms. The fourth-order valence-corrected chi connectivity index (χ4v) is 5.30. The predicted molar refractivity (Wildman–Crippen MR) is 156 cm³/mol. The molecule has 4 rings (SSSR count). The molecule has 41 heavy (non-hydrogen) atoms. The van der Waals surface area contributed by atoms with E-state index < -0.39 is 18.0 Å². The monoisotopic (exact) mass is 556 g/mol. The molecule has 3 aromatic carbocycles. The largest absolute Gasteiger partial charge is 0.481 e. The molecular weight excluding hydrogens is 520 g/mol. The first-order valence-electron chi connectivity index (χ1n) is 14.0. The highest BCUT2D eigenvalue weighted by Gasteiger charge is 2.31. The van der Waals surface area contributed by atoms with Crippen molar-refractivity contribution in [3.05, 3.63) is 84.4 Å². The SMILES string of the molecule is O=C(O)CCC(NC(=O)CCc1ccc(-c2ccc(-c3ccccc3)cc2)cc1)C(=O)N1CCCC(CC(=O)O)C1. The van der Waals surface area contributed by atoms with E-state index >= 15 is 0 Å². The van der Waals surface area contributed by atoms with Gasteiger partial charge in [0.2, 0.25) is 11.8 Å². The molecule has 8 nitrogen and oxygen atoms in total. The van der Waals surface area contributed by atoms with Gasteiger partial charge in [0, 0.05) is 32.4 Å². The average molecular weight is 557 g/mol. The minimum atomic E-state index is -1.05. The molecule has 0 radical (unpaired) electrons. The van der Waals surface area contributed by atoms with Crippen LogP contribution in [0.4, 0.5) is 0 Å². The van der Waals surface area contributed by atoms with Crippen molar-refractivity contribution >= 4 is 23.8 Å². The second-order valence-corrected chi connectivity index (χ2v) is 10.6. The Labute approximate surface area is 240 Å². The van der Waals surface area contributed by atoms with Crippen LogP contribution < -0.4 is 5.32 Å². The molecule has 1 aliphatic heterocycles. The van der Waals surface area contributed by atoms with Crippen LogP contribution in [-0.4, -0.2) is 58.0 Å². The highest BCUT2D eigenvalue weighted by molar-refractivity contribution is 5.88. The molecule has 0 saturated carbocycles. The van der Waals surface area contributed by atoms with Crippen LogP contribution in [0.25, 0.3) is 22.3 Å². The standard InChI is InChI=1S/C33H36N2O6/c36-30(34-29(17-19-31(37)38)33(41)35-20-4-5-24(22-35)21-32(39)40)18-10-23-8-11-26(12-9-23)28-15-13-27(14-16-28)25-6-2-1-3-7-25/h1-3,6-9,11-16,24,29H,4-5,10,17-22H2,(H,34,36)(H,37,38)(H,39,40). The number of likely N-dealkylation sites (tertiary alicyclic amines) is 1. The molecule has 2 amide bonds. The number of amides is 2. The number of carbonyl (C=O) groups is 4. The van der Waals surface area contributed by atoms with Crippen molar-refractivity contribution in [2.75, 3.05) is 13.1 Å². The van der Waals surface area contributed by atoms with Crippen LogP contribution in [-0.2, 0) is 25.6 Å². The Balaban J connectivity index is 1.32. The number of aliphatic carboxylic acids is 2. The number of hydrogen-bond donors (Lipinski definition) is 3. The van der Waals surface area contributed by atoms with Crippen LogP contribution in [0, 0.1) is 5.92 Å². The van der Waals surface area contributed by atoms with E-state index in [2.05, 4.69) is 41.7 Å². The molecule has 1 saturated heterocycles. The zero-order chi connectivity index (χ0) is 29.2. The van der Waals surface area contributed by atoms with Crippen LogP contribution in [0.15, 0.2) is 78.9 Å². The number of piperidine rings is 1. The summed E-state index contributed by atoms with van der Waals surface area (Å²) in [7, 11) is 0. The van der Waals surface area contributed by atoms with Crippen molar-refractivity contribution in [2.24, 2.45) is 5.92 Å². The van der Waals surface area contributed by atoms with Gasteiger partial charge in [-0.3, -0.25) is 19.2 Å². The summed E-state index contributed by atoms with van der Waals surface area (Å²) in [5.74, 6) is -2.78. The third-order valence-electron chi connectivity index (χ3n) is 7.49. The fourth-order valence-electron chi connectivity index (χ4n) is 5.30. The number of carboxylic acid groups (broad SMARTS) is 2. The van der Waals surface area contributed by atoms with Crippen LogP contribution in [0.2, 0.25) is 0 Å². The molecule has 3 N–H and O–H groups in total. The van der Waals surface area contributed by atoms with Gasteiger partial charge in [0.1, 0.15) is 6.04 Å². The number of rotatable bonds is 12. The van der Waals surface area contributed by atoms with Gasteiger partial charge < -0.3 is 20.4 Å². The third kappa shape index (κ3) is 8.76. The van der Waals surface area contributed by atoms with Gasteiger partial charge in [0.05, 0.1) is 0 Å². The molecule has 3 aromatic rings. The number of aryl methyl sites for hydroxylation is 1. The Morgan fingerprint density at radius 1 is 0.780 bits per heavy atom. The van der Waals surface area contributed by atoms with Crippen molar-refractivity contribution in [3.63, 3.8) is 0 Å². The summed E-state index contributed by atoms with van der Waals surface area (Å²) in [4.78, 5) is 49.9. The molecule has 0 aliphatic carbocycles. The molecule has 0 spiro atoms. The number of benzene rings is 3. The lowest BCUT2D eigenvalue weighted by Gasteiger charge is -2.34. The summed E-state index contributed by atoms with van der Waals surface area (Å²) in [6.07, 6.45) is 1.74. The van der Waals surface area contributed by atoms with Gasteiger partial charge in [-0.2, -0.15) is 0 Å². The smallest absolute Gasteiger partial charge is 0.303 e. The zero-order valence-electron chi connectivity index (χ0n) is 23.0. The van der Waals surface area contributed by atoms with Crippen molar-refractivity contribution in [1.82, 2.24) is 10.2 Å². The molecule has 1 aliphatic rings. The molecule has 214 valence electrons. The number of nitrogens with zero attached hydrogens (tertiary/aromatic N) is 1. The summed E-state index contributed by atoms with van der Waals surface area (Å²) >= 11 is 0. The Morgan fingerprint density at radius 2 is 1.37 bits per heavy atom. The number of carbonyl (C=O) groups excluding carboxylic acids is 2. The number of nitrogens with one attached hydrogen (secondary N) is 1. The Bertz CT molecular complexity index is 1340. The van der Waals surface area contributed by atoms with Gasteiger partial charge >= 0.3 is 11.9 Å². The summed E-state index contributed by atoms with van der Waals surface area (Å²) in [6.45, 7) is 0.766. The van der Waals surface area contributed by atoms with E-state index in [0.29, 0.717) is 25.9 Å². The summed E-state index contributed by atoms with van der Waals surface area (Å²) < 4.78 is 0. The Morgan fingerprint density at radius 3 is 1.95 bits per heavy atom. The predicted octanol–water partition coefficient (Wildman–Crippen LogP) is 5.02. The van der Waals surface area contributed by atoms with E-state index in [4.69, 9.17) is 10.2 Å². The van der Waals surface area contributed by atoms with Crippen LogP contribution in [0.3, 0.4) is 0 Å². The van der Waals surface area contributed by atoms with Crippen LogP contribution in [0.1, 0.15) is 44.1 Å². The van der Waals surface area contributed by atoms with Crippen molar-refractivity contribution < 1.29 is 29.4 Å². The number of carboxylic acids is 2. The third-order valence-corrected chi connectivity index (χ3v) is 7.49. The molecule has 0 aromatic heterocycles. The normalized spacial score (nSPS) is 15.6. The number of hydrogen-bond acceptors (Lipinski definition) is 4. The maximum absolute atomic E-state index is 13.2. The quantitative estimate of drug-likeness (QED) is 0.288. The molecule has 2 atom stereocenters. The first-order valence-corrected chi connectivity index (χ1v) is 14.0. The van der Waals surface area contributed by atoms with Crippen LogP contribution >= 0.6 is 0 Å². The summed E-state index contributed by atoms with van der Waals surface area (Å²) in [6, 6.07) is 25.6. The lowest BCUT2D eigenvalue weighted by molar-refractivity contribution is -0.143. The summed E-state index contributed by atoms with van der Waals surface area (Å²) in [5, 5.41) is 21.0. The zero-order valence-corrected chi connectivity index (χ0v) is 23.0. The van der Waals surface area contributed by atoms with E-state index in [1.165, 1.54) is 0 Å². The maximum Gasteiger partial charge on any atom is 0.303 e. The van der Waals surface area contributed by atoms with E-state index in [1.807, 2.05) is 42.5 Å². The van der Waals surface area contributed by atoms with E-state index in [-0.39, 0.29) is 43.4 Å². The fraction of sp³-hybridized carbons (Fsp3) is 0.333. The first-order chi connectivity index (χ1) is 19.8. The maximum atomic E-state index is 13.2. The van der Waals surface area contributed by atoms with Crippen molar-refractivity contribution in [1.29, 1.82) is 0 Å². The van der Waals surface area contributed by atoms with Crippen LogP contribution in [0.5, 0.6) is 0 Å². The molecule has 8 heteroatoms. The van der Waals surface area contributed by atoms with E-state index in [1.54, 1.807) is 4.90 Å². The van der Waals surface area contributed by atoms with E-state index in [9.17, 15) is 19.2 Å².